The Morgan fingerprint density at radius 3 is 2.76 bits per heavy atom. The molecule has 150 valence electrons. The molecule has 1 aromatic carbocycles. The highest BCUT2D eigenvalue weighted by Gasteiger charge is 2.42. The molecule has 0 spiro atoms. The van der Waals surface area contributed by atoms with Crippen LogP contribution in [0.25, 0.3) is 0 Å². The van der Waals surface area contributed by atoms with Crippen LogP contribution in [-0.2, 0) is 0 Å². The average Bonchev–Trinajstić information content (AvgIpc) is 2.87. The van der Waals surface area contributed by atoms with Gasteiger partial charge in [-0.15, -0.1) is 0 Å². The third-order valence-corrected chi connectivity index (χ3v) is 6.39. The number of urea groups is 1. The third kappa shape index (κ3) is 2.97. The van der Waals surface area contributed by atoms with Gasteiger partial charge < -0.3 is 15.1 Å². The number of hydrogen-bond acceptors (Lipinski definition) is 4. The summed E-state index contributed by atoms with van der Waals surface area (Å²) in [4.78, 5) is 37.2. The van der Waals surface area contributed by atoms with E-state index < -0.39 is 0 Å². The maximum atomic E-state index is 14.0. The van der Waals surface area contributed by atoms with Gasteiger partial charge in [-0.25, -0.2) is 14.7 Å². The van der Waals surface area contributed by atoms with E-state index in [1.807, 2.05) is 29.2 Å². The summed E-state index contributed by atoms with van der Waals surface area (Å²) in [5.41, 5.74) is 1.69. The number of likely N-dealkylation sites (N-methyl/N-ethyl adjacent to an activating group) is 1. The van der Waals surface area contributed by atoms with Gasteiger partial charge in [0.05, 0.1) is 16.9 Å². The lowest BCUT2D eigenvalue weighted by Crippen LogP contribution is -2.60. The lowest BCUT2D eigenvalue weighted by atomic mass is 9.88. The van der Waals surface area contributed by atoms with Gasteiger partial charge in [0.2, 0.25) is 0 Å². The van der Waals surface area contributed by atoms with Crippen molar-refractivity contribution in [1.82, 2.24) is 14.8 Å². The molecule has 2 saturated heterocycles. The number of nitrogens with zero attached hydrogens (tertiary/aromatic N) is 4. The zero-order valence-corrected chi connectivity index (χ0v) is 16.5. The molecule has 2 unspecified atom stereocenters. The number of anilines is 3. The van der Waals surface area contributed by atoms with Gasteiger partial charge in [-0.3, -0.25) is 4.79 Å². The third-order valence-electron chi connectivity index (χ3n) is 6.39. The number of amides is 3. The molecule has 1 aromatic heterocycles. The van der Waals surface area contributed by atoms with Crippen molar-refractivity contribution in [2.24, 2.45) is 0 Å². The molecule has 3 aliphatic rings. The predicted molar refractivity (Wildman–Crippen MR) is 112 cm³/mol. The standard InChI is InChI=1S/C22H25N5O2/c1-25-13-5-11-19-18(25)10-6-14-26(19)22(29)27-17-9-3-2-8-16(17)24-21(28)15-7-4-12-23-20(15)27/h2-4,7-9,12,18-19H,5-6,10-11,13-14H2,1H3,(H,24,28). The quantitative estimate of drug-likeness (QED) is 0.747. The monoisotopic (exact) mass is 391 g/mol. The fourth-order valence-electron chi connectivity index (χ4n) is 5.00. The van der Waals surface area contributed by atoms with Crippen LogP contribution >= 0.6 is 0 Å². The van der Waals surface area contributed by atoms with Gasteiger partial charge in [0, 0.05) is 24.8 Å². The van der Waals surface area contributed by atoms with Crippen molar-refractivity contribution >= 4 is 29.1 Å². The van der Waals surface area contributed by atoms with Gasteiger partial charge in [0.25, 0.3) is 5.91 Å². The predicted octanol–water partition coefficient (Wildman–Crippen LogP) is 3.46. The van der Waals surface area contributed by atoms with Gasteiger partial charge in [-0.05, 0) is 63.5 Å². The van der Waals surface area contributed by atoms with E-state index in [1.54, 1.807) is 23.2 Å². The first-order chi connectivity index (χ1) is 14.1. The van der Waals surface area contributed by atoms with Crippen LogP contribution in [0.5, 0.6) is 0 Å². The number of pyridine rings is 1. The molecule has 2 fully saturated rings. The number of rotatable bonds is 0. The van der Waals surface area contributed by atoms with Crippen LogP contribution in [0.4, 0.5) is 22.0 Å². The summed E-state index contributed by atoms with van der Waals surface area (Å²) in [6, 6.07) is 11.4. The molecule has 7 heteroatoms. The van der Waals surface area contributed by atoms with Crippen molar-refractivity contribution in [2.45, 2.75) is 37.8 Å². The summed E-state index contributed by atoms with van der Waals surface area (Å²) < 4.78 is 0. The van der Waals surface area contributed by atoms with E-state index in [0.29, 0.717) is 28.8 Å². The Bertz CT molecular complexity index is 962. The van der Waals surface area contributed by atoms with Crippen LogP contribution in [-0.4, -0.2) is 58.9 Å². The highest BCUT2D eigenvalue weighted by atomic mass is 16.2. The number of nitrogens with one attached hydrogen (secondary N) is 1. The Labute approximate surface area is 170 Å². The number of aromatic nitrogens is 1. The van der Waals surface area contributed by atoms with Crippen LogP contribution in [0.1, 0.15) is 36.0 Å². The molecule has 0 bridgehead atoms. The zero-order chi connectivity index (χ0) is 20.0. The van der Waals surface area contributed by atoms with Crippen LogP contribution in [0.2, 0.25) is 0 Å². The van der Waals surface area contributed by atoms with Crippen LogP contribution in [0, 0.1) is 0 Å². The molecule has 2 atom stereocenters. The van der Waals surface area contributed by atoms with Crippen LogP contribution in [0.15, 0.2) is 42.6 Å². The number of fused-ring (bicyclic) bond motifs is 3. The molecular weight excluding hydrogens is 366 g/mol. The first kappa shape index (κ1) is 18.1. The molecular formula is C22H25N5O2. The van der Waals surface area contributed by atoms with Crippen LogP contribution in [0.3, 0.4) is 0 Å². The minimum Gasteiger partial charge on any atom is -0.320 e. The second kappa shape index (κ2) is 7.15. The van der Waals surface area contributed by atoms with Crippen molar-refractivity contribution in [3.63, 3.8) is 0 Å². The number of piperidine rings is 2. The van der Waals surface area contributed by atoms with Gasteiger partial charge in [0.1, 0.15) is 0 Å². The minimum absolute atomic E-state index is 0.0982. The Morgan fingerprint density at radius 1 is 1.07 bits per heavy atom. The molecule has 2 aromatic rings. The van der Waals surface area contributed by atoms with E-state index in [2.05, 4.69) is 22.2 Å². The van der Waals surface area contributed by atoms with Gasteiger partial charge in [-0.2, -0.15) is 0 Å². The Hall–Kier alpha value is -2.93. The molecule has 7 nitrogen and oxygen atoms in total. The minimum atomic E-state index is -0.246. The smallest absolute Gasteiger partial charge is 0.320 e. The summed E-state index contributed by atoms with van der Waals surface area (Å²) in [6.45, 7) is 1.81. The van der Waals surface area contributed by atoms with E-state index in [0.717, 1.165) is 38.8 Å². The van der Waals surface area contributed by atoms with E-state index >= 15 is 0 Å². The van der Waals surface area contributed by atoms with E-state index in [1.165, 1.54) is 0 Å². The van der Waals surface area contributed by atoms with E-state index in [4.69, 9.17) is 0 Å². The topological polar surface area (TPSA) is 68.8 Å². The average molecular weight is 391 g/mol. The summed E-state index contributed by atoms with van der Waals surface area (Å²) in [6.07, 6.45) is 5.85. The second-order valence-corrected chi connectivity index (χ2v) is 8.06. The number of benzene rings is 1. The van der Waals surface area contributed by atoms with Crippen molar-refractivity contribution in [3.8, 4) is 0 Å². The maximum absolute atomic E-state index is 14.0. The Morgan fingerprint density at radius 2 is 1.86 bits per heavy atom. The number of likely N-dealkylation sites (tertiary alicyclic amines) is 2. The SMILES string of the molecule is CN1CCCC2C1CCCN2C(=O)N1c2ccccc2NC(=O)c2cccnc21. The normalized spacial score (nSPS) is 24.1. The van der Waals surface area contributed by atoms with Gasteiger partial charge in [0.15, 0.2) is 5.82 Å². The Kier molecular flexibility index (Phi) is 4.47. The first-order valence-electron chi connectivity index (χ1n) is 10.3. The number of carbonyl (C=O) groups is 2. The Balaban J connectivity index is 1.60. The molecule has 29 heavy (non-hydrogen) atoms. The number of hydrogen-bond donors (Lipinski definition) is 1. The maximum Gasteiger partial charge on any atom is 0.330 e. The first-order valence-corrected chi connectivity index (χ1v) is 10.3. The molecule has 0 radical (unpaired) electrons. The summed E-state index contributed by atoms with van der Waals surface area (Å²) in [5.74, 6) is 0.149. The number of carbonyl (C=O) groups excluding carboxylic acids is 2. The molecule has 0 aliphatic carbocycles. The molecule has 5 rings (SSSR count). The highest BCUT2D eigenvalue weighted by Crippen LogP contribution is 2.39. The summed E-state index contributed by atoms with van der Waals surface area (Å²) >= 11 is 0. The van der Waals surface area contributed by atoms with E-state index in [9.17, 15) is 9.59 Å². The van der Waals surface area contributed by atoms with Crippen LogP contribution < -0.4 is 10.2 Å². The summed E-state index contributed by atoms with van der Waals surface area (Å²) in [7, 11) is 2.16. The zero-order valence-electron chi connectivity index (χ0n) is 16.5. The summed E-state index contributed by atoms with van der Waals surface area (Å²) in [5, 5.41) is 2.93. The molecule has 3 amide bonds. The van der Waals surface area contributed by atoms with Gasteiger partial charge >= 0.3 is 6.03 Å². The van der Waals surface area contributed by atoms with Crippen molar-refractivity contribution in [2.75, 3.05) is 30.4 Å². The largest absolute Gasteiger partial charge is 0.330 e. The fraction of sp³-hybridized carbons (Fsp3) is 0.409. The molecule has 0 saturated carbocycles. The molecule has 3 aliphatic heterocycles. The highest BCUT2D eigenvalue weighted by molar-refractivity contribution is 6.16. The van der Waals surface area contributed by atoms with E-state index in [-0.39, 0.29) is 18.0 Å². The van der Waals surface area contributed by atoms with Crippen molar-refractivity contribution < 1.29 is 9.59 Å². The molecule has 1 N–H and O–H groups in total. The fourth-order valence-corrected chi connectivity index (χ4v) is 5.00. The van der Waals surface area contributed by atoms with Crippen molar-refractivity contribution in [3.05, 3.63) is 48.2 Å². The van der Waals surface area contributed by atoms with Gasteiger partial charge in [-0.1, -0.05) is 12.1 Å². The molecule has 4 heterocycles. The number of para-hydroxylation sites is 2. The van der Waals surface area contributed by atoms with Crippen molar-refractivity contribution in [1.29, 1.82) is 0 Å². The lowest BCUT2D eigenvalue weighted by Gasteiger charge is -2.49. The lowest BCUT2D eigenvalue weighted by molar-refractivity contribution is 0.0429. The second-order valence-electron chi connectivity index (χ2n) is 8.06.